The van der Waals surface area contributed by atoms with Gasteiger partial charge in [0.2, 0.25) is 0 Å². The summed E-state index contributed by atoms with van der Waals surface area (Å²) in [7, 11) is 0. The van der Waals surface area contributed by atoms with E-state index in [-0.39, 0.29) is 11.7 Å². The average molecular weight is 662 g/mol. The molecule has 0 fully saturated rings. The van der Waals surface area contributed by atoms with Crippen molar-refractivity contribution in [3.63, 3.8) is 0 Å². The number of allylic oxidation sites excluding steroid dienone is 2. The molecule has 4 rings (SSSR count). The molecular formula is C37H34Cl2O3S2. The molecule has 4 aromatic carbocycles. The van der Waals surface area contributed by atoms with Crippen molar-refractivity contribution in [2.24, 2.45) is 5.92 Å². The second kappa shape index (κ2) is 16.2. The predicted molar refractivity (Wildman–Crippen MR) is 188 cm³/mol. The van der Waals surface area contributed by atoms with Gasteiger partial charge in [-0.15, -0.1) is 0 Å². The number of carbonyl (C=O) groups is 2. The van der Waals surface area contributed by atoms with E-state index in [0.29, 0.717) is 28.7 Å². The highest BCUT2D eigenvalue weighted by atomic mass is 35.5. The molecule has 226 valence electrons. The van der Waals surface area contributed by atoms with Gasteiger partial charge < -0.3 is 4.74 Å². The van der Waals surface area contributed by atoms with Crippen LogP contribution in [0.2, 0.25) is 10.0 Å². The Balaban J connectivity index is 1.97. The number of carbonyl (C=O) groups excluding carboxylic acids is 2. The third kappa shape index (κ3) is 8.70. The van der Waals surface area contributed by atoms with Crippen molar-refractivity contribution in [3.8, 4) is 5.75 Å². The van der Waals surface area contributed by atoms with Crippen LogP contribution < -0.4 is 4.74 Å². The van der Waals surface area contributed by atoms with E-state index >= 15 is 0 Å². The average Bonchev–Trinajstić information content (AvgIpc) is 3.03. The molecule has 3 nitrogen and oxygen atoms in total. The summed E-state index contributed by atoms with van der Waals surface area (Å²) in [6.45, 7) is 8.58. The Morgan fingerprint density at radius 3 is 1.86 bits per heavy atom. The molecule has 0 spiro atoms. The van der Waals surface area contributed by atoms with Crippen LogP contribution in [-0.4, -0.2) is 12.3 Å². The number of thioether (sulfide) groups is 2. The predicted octanol–water partition coefficient (Wildman–Crippen LogP) is 11.6. The van der Waals surface area contributed by atoms with Gasteiger partial charge in [0.15, 0.2) is 5.78 Å². The van der Waals surface area contributed by atoms with Gasteiger partial charge >= 0.3 is 0 Å². The van der Waals surface area contributed by atoms with Crippen molar-refractivity contribution in [1.82, 2.24) is 0 Å². The lowest BCUT2D eigenvalue weighted by molar-refractivity contribution is -0.121. The molecule has 0 aliphatic carbocycles. The number of ketones is 1. The Bertz CT molecular complexity index is 1680. The molecule has 0 radical (unpaired) electrons. The van der Waals surface area contributed by atoms with Crippen LogP contribution >= 0.6 is 46.7 Å². The van der Waals surface area contributed by atoms with Crippen molar-refractivity contribution in [2.75, 3.05) is 0 Å². The van der Waals surface area contributed by atoms with Crippen LogP contribution in [-0.2, 0) is 9.59 Å². The van der Waals surface area contributed by atoms with Gasteiger partial charge in [-0.25, -0.2) is 0 Å². The van der Waals surface area contributed by atoms with Gasteiger partial charge in [0, 0.05) is 46.7 Å². The summed E-state index contributed by atoms with van der Waals surface area (Å²) in [6, 6.07) is 30.9. The van der Waals surface area contributed by atoms with Crippen LogP contribution in [0.1, 0.15) is 50.3 Å². The molecule has 44 heavy (non-hydrogen) atoms. The third-order valence-corrected chi connectivity index (χ3v) is 10.2. The van der Waals surface area contributed by atoms with Crippen LogP contribution in [0.3, 0.4) is 0 Å². The van der Waals surface area contributed by atoms with Crippen LogP contribution in [0.15, 0.2) is 118 Å². The Labute approximate surface area is 278 Å². The van der Waals surface area contributed by atoms with Crippen LogP contribution in [0, 0.1) is 12.8 Å². The van der Waals surface area contributed by atoms with Crippen molar-refractivity contribution >= 4 is 68.8 Å². The zero-order chi connectivity index (χ0) is 31.6. The number of hydrogen-bond acceptors (Lipinski definition) is 5. The molecule has 0 saturated carbocycles. The molecule has 0 heterocycles. The van der Waals surface area contributed by atoms with E-state index in [1.165, 1.54) is 0 Å². The molecule has 1 unspecified atom stereocenters. The Hall–Kier alpha value is -3.22. The van der Waals surface area contributed by atoms with Crippen LogP contribution in [0.4, 0.5) is 0 Å². The Kier molecular flexibility index (Phi) is 12.4. The van der Waals surface area contributed by atoms with Crippen molar-refractivity contribution in [3.05, 3.63) is 135 Å². The molecule has 7 heteroatoms. The second-order valence-electron chi connectivity index (χ2n) is 10.4. The molecule has 1 atom stereocenters. The minimum Gasteiger partial charge on any atom is -0.428 e. The first kappa shape index (κ1) is 33.7. The maximum Gasteiger partial charge on any atom is 0.298 e. The molecule has 0 N–H and O–H groups in total. The highest BCUT2D eigenvalue weighted by Crippen LogP contribution is 2.45. The molecule has 0 aliphatic rings. The number of hydrogen-bond donors (Lipinski definition) is 0. The summed E-state index contributed by atoms with van der Waals surface area (Å²) in [5.41, 5.74) is 4.59. The van der Waals surface area contributed by atoms with Crippen molar-refractivity contribution in [1.29, 1.82) is 0 Å². The molecule has 4 aromatic rings. The second-order valence-corrected chi connectivity index (χ2v) is 13.4. The molecule has 0 bridgehead atoms. The van der Waals surface area contributed by atoms with Gasteiger partial charge in [0.1, 0.15) is 5.75 Å². The summed E-state index contributed by atoms with van der Waals surface area (Å²) >= 11 is 15.5. The zero-order valence-electron chi connectivity index (χ0n) is 25.1. The number of aryl methyl sites for hydroxylation is 1. The number of ether oxygens (including phenoxy) is 1. The fourth-order valence-corrected chi connectivity index (χ4v) is 7.06. The fraction of sp³-hybridized carbons (Fsp3) is 0.189. The normalized spacial score (nSPS) is 13.0. The van der Waals surface area contributed by atoms with Gasteiger partial charge in [0.25, 0.3) is 6.47 Å². The minimum absolute atomic E-state index is 0.111. The zero-order valence-corrected chi connectivity index (χ0v) is 28.2. The number of para-hydroxylation sites is 1. The first-order valence-corrected chi connectivity index (χ1v) is 16.7. The fourth-order valence-electron chi connectivity index (χ4n) is 4.64. The van der Waals surface area contributed by atoms with Gasteiger partial charge in [-0.05, 0) is 92.4 Å². The summed E-state index contributed by atoms with van der Waals surface area (Å²) in [4.78, 5) is 29.5. The van der Waals surface area contributed by atoms with Crippen molar-refractivity contribution in [2.45, 2.75) is 50.3 Å². The van der Waals surface area contributed by atoms with Crippen LogP contribution in [0.25, 0.3) is 9.81 Å². The highest BCUT2D eigenvalue weighted by Gasteiger charge is 2.25. The standard InChI is InChI=1S/C37H34Cl2O3S2/c1-5-24(2)35(41)33(37(31-11-7-6-10-25(31)3)44-30-20-16-28(39)17-21-30)22-26(4)36(43-29-18-14-27(38)15-19-29)32-12-8-9-13-34(32)42-23-40/h6-21,23-24H,5,22H2,1-4H3/b36-26-,37-33+. The SMILES string of the molecule is CCC(C)C(=O)/C(C/C(C)=C(\Sc1ccc(Cl)cc1)c1ccccc1OC=O)=C(/Sc1ccc(Cl)cc1)c1ccccc1C. The summed E-state index contributed by atoms with van der Waals surface area (Å²) < 4.78 is 5.41. The topological polar surface area (TPSA) is 43.4 Å². The Morgan fingerprint density at radius 2 is 1.32 bits per heavy atom. The van der Waals surface area contributed by atoms with E-state index in [1.54, 1.807) is 29.6 Å². The highest BCUT2D eigenvalue weighted by molar-refractivity contribution is 8.08. The van der Waals surface area contributed by atoms with Gasteiger partial charge in [0.05, 0.1) is 0 Å². The van der Waals surface area contributed by atoms with Gasteiger partial charge in [-0.3, -0.25) is 9.59 Å². The first-order valence-electron chi connectivity index (χ1n) is 14.3. The van der Waals surface area contributed by atoms with E-state index < -0.39 is 0 Å². The third-order valence-electron chi connectivity index (χ3n) is 7.22. The van der Waals surface area contributed by atoms with Crippen LogP contribution in [0.5, 0.6) is 5.75 Å². The number of benzene rings is 4. The Morgan fingerprint density at radius 1 is 0.795 bits per heavy atom. The summed E-state index contributed by atoms with van der Waals surface area (Å²) in [5, 5.41) is 1.30. The van der Waals surface area contributed by atoms with E-state index in [2.05, 4.69) is 19.1 Å². The number of Topliss-reactive ketones (excluding diaryl/α,β-unsaturated/α-hetero) is 1. The lowest BCUT2D eigenvalue weighted by Crippen LogP contribution is -2.15. The maximum atomic E-state index is 14.3. The minimum atomic E-state index is -0.166. The summed E-state index contributed by atoms with van der Waals surface area (Å²) in [5.74, 6) is 0.396. The van der Waals surface area contributed by atoms with E-state index in [9.17, 15) is 9.59 Å². The maximum absolute atomic E-state index is 14.3. The summed E-state index contributed by atoms with van der Waals surface area (Å²) in [6.07, 6.45) is 1.12. The van der Waals surface area contributed by atoms with Gasteiger partial charge in [-0.1, -0.05) is 109 Å². The lowest BCUT2D eigenvalue weighted by atomic mass is 9.90. The quantitative estimate of drug-likeness (QED) is 0.0810. The lowest BCUT2D eigenvalue weighted by Gasteiger charge is -2.21. The number of rotatable bonds is 13. The molecular weight excluding hydrogens is 627 g/mol. The van der Waals surface area contributed by atoms with E-state index in [1.807, 2.05) is 99.6 Å². The molecule has 0 aliphatic heterocycles. The largest absolute Gasteiger partial charge is 0.428 e. The van der Waals surface area contributed by atoms with E-state index in [0.717, 1.165) is 53.9 Å². The first-order chi connectivity index (χ1) is 21.2. The molecule has 0 aromatic heterocycles. The van der Waals surface area contributed by atoms with E-state index in [4.69, 9.17) is 27.9 Å². The smallest absolute Gasteiger partial charge is 0.298 e. The molecule has 0 amide bonds. The molecule has 0 saturated heterocycles. The van der Waals surface area contributed by atoms with Gasteiger partial charge in [-0.2, -0.15) is 0 Å². The van der Waals surface area contributed by atoms with Crippen molar-refractivity contribution < 1.29 is 14.3 Å². The number of halogens is 2. The monoisotopic (exact) mass is 660 g/mol.